The first-order chi connectivity index (χ1) is 9.95. The van der Waals surface area contributed by atoms with E-state index in [1.54, 1.807) is 0 Å². The average molecular weight is 289 g/mol. The number of carbonyl (C=O) groups excluding carboxylic acids is 1. The number of benzene rings is 2. The van der Waals surface area contributed by atoms with Crippen molar-refractivity contribution in [2.75, 3.05) is 5.32 Å². The molecule has 106 valence electrons. The fourth-order valence-corrected chi connectivity index (χ4v) is 2.17. The SMILES string of the molecule is O=C1Nc2c(F)cc(F)cc2/C1=C\c1cc(O)ccc1O. The number of amides is 1. The van der Waals surface area contributed by atoms with E-state index in [1.165, 1.54) is 24.3 Å². The van der Waals surface area contributed by atoms with Crippen molar-refractivity contribution in [1.82, 2.24) is 0 Å². The monoisotopic (exact) mass is 289 g/mol. The van der Waals surface area contributed by atoms with Gasteiger partial charge in [-0.05, 0) is 30.3 Å². The van der Waals surface area contributed by atoms with Crippen molar-refractivity contribution in [3.8, 4) is 11.5 Å². The van der Waals surface area contributed by atoms with Crippen LogP contribution in [0.1, 0.15) is 11.1 Å². The van der Waals surface area contributed by atoms with E-state index in [0.717, 1.165) is 6.07 Å². The van der Waals surface area contributed by atoms with E-state index in [0.29, 0.717) is 6.07 Å². The molecule has 0 saturated carbocycles. The van der Waals surface area contributed by atoms with E-state index in [-0.39, 0.29) is 33.9 Å². The Hall–Kier alpha value is -2.89. The zero-order valence-corrected chi connectivity index (χ0v) is 10.5. The highest BCUT2D eigenvalue weighted by atomic mass is 19.1. The number of nitrogens with one attached hydrogen (secondary N) is 1. The summed E-state index contributed by atoms with van der Waals surface area (Å²) in [6.45, 7) is 0. The van der Waals surface area contributed by atoms with E-state index >= 15 is 0 Å². The standard InChI is InChI=1S/C15H9F2NO3/c16-8-5-10-11(15(21)18-14(10)12(17)6-8)4-7-3-9(19)1-2-13(7)20/h1-6,19-20H,(H,18,21)/b11-4+. The molecular formula is C15H9F2NO3. The van der Waals surface area contributed by atoms with Crippen LogP contribution < -0.4 is 5.32 Å². The highest BCUT2D eigenvalue weighted by Crippen LogP contribution is 2.37. The lowest BCUT2D eigenvalue weighted by atomic mass is 10.0. The van der Waals surface area contributed by atoms with E-state index in [2.05, 4.69) is 5.32 Å². The number of fused-ring (bicyclic) bond motifs is 1. The lowest BCUT2D eigenvalue weighted by Gasteiger charge is -2.03. The van der Waals surface area contributed by atoms with Gasteiger partial charge in [0.1, 0.15) is 23.1 Å². The van der Waals surface area contributed by atoms with Gasteiger partial charge in [0.05, 0.1) is 5.69 Å². The molecule has 1 heterocycles. The zero-order valence-electron chi connectivity index (χ0n) is 10.5. The highest BCUT2D eigenvalue weighted by molar-refractivity contribution is 6.35. The Morgan fingerprint density at radius 2 is 1.86 bits per heavy atom. The van der Waals surface area contributed by atoms with Crippen LogP contribution in [0.25, 0.3) is 11.6 Å². The van der Waals surface area contributed by atoms with Crippen LogP contribution in [0.5, 0.6) is 11.5 Å². The fraction of sp³-hybridized carbons (Fsp3) is 0. The summed E-state index contributed by atoms with van der Waals surface area (Å²) >= 11 is 0. The minimum atomic E-state index is -0.873. The van der Waals surface area contributed by atoms with Gasteiger partial charge in [-0.1, -0.05) is 0 Å². The first kappa shape index (κ1) is 13.1. The van der Waals surface area contributed by atoms with Crippen LogP contribution >= 0.6 is 0 Å². The smallest absolute Gasteiger partial charge is 0.256 e. The molecule has 1 aliphatic rings. The minimum Gasteiger partial charge on any atom is -0.508 e. The number of aromatic hydroxyl groups is 2. The quantitative estimate of drug-likeness (QED) is 0.558. The molecule has 3 N–H and O–H groups in total. The molecule has 0 radical (unpaired) electrons. The van der Waals surface area contributed by atoms with Gasteiger partial charge in [-0.2, -0.15) is 0 Å². The van der Waals surface area contributed by atoms with Crippen molar-refractivity contribution in [1.29, 1.82) is 0 Å². The molecule has 2 aromatic rings. The van der Waals surface area contributed by atoms with Crippen LogP contribution in [0.4, 0.5) is 14.5 Å². The van der Waals surface area contributed by atoms with Crippen molar-refractivity contribution < 1.29 is 23.8 Å². The molecule has 0 unspecified atom stereocenters. The third-order valence-electron chi connectivity index (χ3n) is 3.14. The molecule has 21 heavy (non-hydrogen) atoms. The van der Waals surface area contributed by atoms with Crippen molar-refractivity contribution in [3.63, 3.8) is 0 Å². The van der Waals surface area contributed by atoms with Gasteiger partial charge in [0.2, 0.25) is 0 Å². The zero-order chi connectivity index (χ0) is 15.1. The number of hydrogen-bond acceptors (Lipinski definition) is 3. The summed E-state index contributed by atoms with van der Waals surface area (Å²) < 4.78 is 26.9. The number of rotatable bonds is 1. The van der Waals surface area contributed by atoms with E-state index in [4.69, 9.17) is 0 Å². The molecule has 0 aliphatic carbocycles. The maximum atomic E-state index is 13.6. The Morgan fingerprint density at radius 3 is 2.62 bits per heavy atom. The topological polar surface area (TPSA) is 69.6 Å². The predicted octanol–water partition coefficient (Wildman–Crippen LogP) is 2.87. The van der Waals surface area contributed by atoms with Crippen LogP contribution in [0.15, 0.2) is 30.3 Å². The summed E-state index contributed by atoms with van der Waals surface area (Å²) in [5.74, 6) is -2.57. The van der Waals surface area contributed by atoms with Gasteiger partial charge >= 0.3 is 0 Å². The molecule has 0 saturated heterocycles. The van der Waals surface area contributed by atoms with Gasteiger partial charge in [-0.15, -0.1) is 0 Å². The second-order valence-corrected chi connectivity index (χ2v) is 4.57. The molecule has 3 rings (SSSR count). The van der Waals surface area contributed by atoms with Crippen LogP contribution in [0, 0.1) is 11.6 Å². The van der Waals surface area contributed by atoms with E-state index < -0.39 is 17.5 Å². The highest BCUT2D eigenvalue weighted by Gasteiger charge is 2.28. The number of phenols is 2. The van der Waals surface area contributed by atoms with Gasteiger partial charge in [0.15, 0.2) is 0 Å². The normalized spacial score (nSPS) is 15.1. The van der Waals surface area contributed by atoms with Crippen molar-refractivity contribution >= 4 is 23.2 Å². The molecule has 4 nitrogen and oxygen atoms in total. The molecular weight excluding hydrogens is 280 g/mol. The van der Waals surface area contributed by atoms with Gasteiger partial charge in [0.25, 0.3) is 5.91 Å². The molecule has 0 fully saturated rings. The minimum absolute atomic E-state index is 0.00398. The molecule has 0 bridgehead atoms. The van der Waals surface area contributed by atoms with Crippen LogP contribution in [0.3, 0.4) is 0 Å². The third kappa shape index (κ3) is 2.20. The van der Waals surface area contributed by atoms with Gasteiger partial charge < -0.3 is 15.5 Å². The molecule has 0 spiro atoms. The Kier molecular flexibility index (Phi) is 2.86. The van der Waals surface area contributed by atoms with Crippen molar-refractivity contribution in [2.45, 2.75) is 0 Å². The second-order valence-electron chi connectivity index (χ2n) is 4.57. The van der Waals surface area contributed by atoms with Crippen LogP contribution in [-0.4, -0.2) is 16.1 Å². The molecule has 2 aromatic carbocycles. The molecule has 6 heteroatoms. The number of hydrogen-bond donors (Lipinski definition) is 3. The van der Waals surface area contributed by atoms with Gasteiger partial charge in [-0.3, -0.25) is 4.79 Å². The fourth-order valence-electron chi connectivity index (χ4n) is 2.17. The van der Waals surface area contributed by atoms with Gasteiger partial charge in [-0.25, -0.2) is 8.78 Å². The molecule has 1 aliphatic heterocycles. The van der Waals surface area contributed by atoms with Crippen molar-refractivity contribution in [3.05, 3.63) is 53.1 Å². The molecule has 0 atom stereocenters. The summed E-state index contributed by atoms with van der Waals surface area (Å²) in [7, 11) is 0. The van der Waals surface area contributed by atoms with Crippen LogP contribution in [-0.2, 0) is 4.79 Å². The molecule has 0 aromatic heterocycles. The number of carbonyl (C=O) groups is 1. The number of anilines is 1. The first-order valence-electron chi connectivity index (χ1n) is 6.00. The Balaban J connectivity index is 2.19. The summed E-state index contributed by atoms with van der Waals surface area (Å²) in [5.41, 5.74) is 0.134. The maximum Gasteiger partial charge on any atom is 0.256 e. The Morgan fingerprint density at radius 1 is 1.10 bits per heavy atom. The number of halogens is 2. The van der Waals surface area contributed by atoms with E-state index in [9.17, 15) is 23.8 Å². The van der Waals surface area contributed by atoms with E-state index in [1.807, 2.05) is 0 Å². The van der Waals surface area contributed by atoms with Gasteiger partial charge in [0, 0.05) is 22.8 Å². The lowest BCUT2D eigenvalue weighted by Crippen LogP contribution is -2.04. The Labute approximate surface area is 118 Å². The predicted molar refractivity (Wildman–Crippen MR) is 72.6 cm³/mol. The second kappa shape index (κ2) is 4.59. The average Bonchev–Trinajstić information content (AvgIpc) is 2.72. The summed E-state index contributed by atoms with van der Waals surface area (Å²) in [4.78, 5) is 11.9. The third-order valence-corrected chi connectivity index (χ3v) is 3.14. The maximum absolute atomic E-state index is 13.6. The Bertz CT molecular complexity index is 800. The summed E-state index contributed by atoms with van der Waals surface area (Å²) in [6.07, 6.45) is 1.26. The van der Waals surface area contributed by atoms with Crippen LogP contribution in [0.2, 0.25) is 0 Å². The molecule has 1 amide bonds. The summed E-state index contributed by atoms with van der Waals surface area (Å²) in [5, 5.41) is 21.4. The van der Waals surface area contributed by atoms with Crippen molar-refractivity contribution in [2.24, 2.45) is 0 Å². The number of phenolic OH excluding ortho intramolecular Hbond substituents is 2. The first-order valence-corrected chi connectivity index (χ1v) is 6.00. The summed E-state index contributed by atoms with van der Waals surface area (Å²) in [6, 6.07) is 5.47. The lowest BCUT2D eigenvalue weighted by molar-refractivity contribution is -0.110. The largest absolute Gasteiger partial charge is 0.508 e.